The standard InChI is InChI=1S/C21H27N7/c1-17-23-20(27-9-7-25(2)8-10-27)15-21(24-17)28-13-11-26(12-14-28)19-6-4-3-5-18(19)16-22/h3-6,15H,7-14H2,1-2H3. The zero-order valence-corrected chi connectivity index (χ0v) is 16.7. The average Bonchev–Trinajstić information content (AvgIpc) is 2.74. The molecule has 4 rings (SSSR count). The van der Waals surface area contributed by atoms with E-state index in [2.05, 4.69) is 43.8 Å². The summed E-state index contributed by atoms with van der Waals surface area (Å²) in [7, 11) is 2.16. The summed E-state index contributed by atoms with van der Waals surface area (Å²) in [6.45, 7) is 9.65. The predicted molar refractivity (Wildman–Crippen MR) is 112 cm³/mol. The Kier molecular flexibility index (Phi) is 5.31. The van der Waals surface area contributed by atoms with Crippen molar-refractivity contribution in [1.29, 1.82) is 5.26 Å². The number of aryl methyl sites for hydroxylation is 1. The normalized spacial score (nSPS) is 18.2. The fourth-order valence-corrected chi connectivity index (χ4v) is 3.92. The van der Waals surface area contributed by atoms with Gasteiger partial charge in [0.25, 0.3) is 0 Å². The maximum absolute atomic E-state index is 9.37. The van der Waals surface area contributed by atoms with E-state index in [1.807, 2.05) is 31.2 Å². The van der Waals surface area contributed by atoms with Crippen molar-refractivity contribution in [3.63, 3.8) is 0 Å². The van der Waals surface area contributed by atoms with Crippen LogP contribution in [0.25, 0.3) is 0 Å². The van der Waals surface area contributed by atoms with Crippen molar-refractivity contribution in [3.05, 3.63) is 41.7 Å². The van der Waals surface area contributed by atoms with Gasteiger partial charge in [0.05, 0.1) is 11.3 Å². The highest BCUT2D eigenvalue weighted by Crippen LogP contribution is 2.25. The van der Waals surface area contributed by atoms with Crippen LogP contribution in [0.2, 0.25) is 0 Å². The van der Waals surface area contributed by atoms with Crippen LogP contribution in [0.3, 0.4) is 0 Å². The molecule has 2 fully saturated rings. The number of nitriles is 1. The SMILES string of the molecule is Cc1nc(N2CCN(C)CC2)cc(N2CCN(c3ccccc3C#N)CC2)n1. The first kappa shape index (κ1) is 18.5. The van der Waals surface area contributed by atoms with Crippen LogP contribution in [0.5, 0.6) is 0 Å². The maximum Gasteiger partial charge on any atom is 0.134 e. The molecule has 0 bridgehead atoms. The summed E-state index contributed by atoms with van der Waals surface area (Å²) < 4.78 is 0. The lowest BCUT2D eigenvalue weighted by atomic mass is 10.1. The molecule has 1 aromatic heterocycles. The maximum atomic E-state index is 9.37. The molecule has 146 valence electrons. The Morgan fingerprint density at radius 1 is 0.821 bits per heavy atom. The van der Waals surface area contributed by atoms with Crippen LogP contribution >= 0.6 is 0 Å². The molecule has 0 spiro atoms. The third-order valence-corrected chi connectivity index (χ3v) is 5.61. The van der Waals surface area contributed by atoms with Crippen molar-refractivity contribution < 1.29 is 0 Å². The summed E-state index contributed by atoms with van der Waals surface area (Å²) in [6.07, 6.45) is 0. The van der Waals surface area contributed by atoms with Crippen LogP contribution in [0.15, 0.2) is 30.3 Å². The van der Waals surface area contributed by atoms with E-state index >= 15 is 0 Å². The van der Waals surface area contributed by atoms with Gasteiger partial charge in [0, 0.05) is 58.4 Å². The van der Waals surface area contributed by atoms with Crippen molar-refractivity contribution in [2.24, 2.45) is 0 Å². The minimum atomic E-state index is 0.742. The van der Waals surface area contributed by atoms with Gasteiger partial charge in [-0.15, -0.1) is 0 Å². The molecule has 7 nitrogen and oxygen atoms in total. The number of anilines is 3. The molecule has 7 heteroatoms. The zero-order chi connectivity index (χ0) is 19.5. The smallest absolute Gasteiger partial charge is 0.134 e. The van der Waals surface area contributed by atoms with Crippen LogP contribution in [0.4, 0.5) is 17.3 Å². The third kappa shape index (κ3) is 3.87. The van der Waals surface area contributed by atoms with Crippen molar-refractivity contribution >= 4 is 17.3 Å². The summed E-state index contributed by atoms with van der Waals surface area (Å²) in [5.74, 6) is 2.87. The Morgan fingerprint density at radius 3 is 1.96 bits per heavy atom. The fraction of sp³-hybridized carbons (Fsp3) is 0.476. The van der Waals surface area contributed by atoms with Gasteiger partial charge < -0.3 is 19.6 Å². The fourth-order valence-electron chi connectivity index (χ4n) is 3.92. The molecule has 28 heavy (non-hydrogen) atoms. The van der Waals surface area contributed by atoms with Gasteiger partial charge in [0.15, 0.2) is 0 Å². The molecule has 3 heterocycles. The quantitative estimate of drug-likeness (QED) is 0.807. The van der Waals surface area contributed by atoms with Gasteiger partial charge in [-0.1, -0.05) is 12.1 Å². The number of rotatable bonds is 3. The highest BCUT2D eigenvalue weighted by atomic mass is 15.3. The monoisotopic (exact) mass is 377 g/mol. The van der Waals surface area contributed by atoms with Gasteiger partial charge in [-0.05, 0) is 26.1 Å². The summed E-state index contributed by atoms with van der Waals surface area (Å²) in [5.41, 5.74) is 1.77. The van der Waals surface area contributed by atoms with E-state index in [1.165, 1.54) is 0 Å². The number of likely N-dealkylation sites (N-methyl/N-ethyl adjacent to an activating group) is 1. The molecule has 2 saturated heterocycles. The van der Waals surface area contributed by atoms with E-state index in [0.717, 1.165) is 81.1 Å². The van der Waals surface area contributed by atoms with Gasteiger partial charge >= 0.3 is 0 Å². The van der Waals surface area contributed by atoms with Gasteiger partial charge in [-0.2, -0.15) is 5.26 Å². The number of hydrogen-bond donors (Lipinski definition) is 0. The molecule has 0 aliphatic carbocycles. The van der Waals surface area contributed by atoms with Gasteiger partial charge in [-0.25, -0.2) is 9.97 Å². The van der Waals surface area contributed by atoms with Crippen LogP contribution < -0.4 is 14.7 Å². The lowest BCUT2D eigenvalue weighted by molar-refractivity contribution is 0.312. The van der Waals surface area contributed by atoms with Crippen LogP contribution in [0, 0.1) is 18.3 Å². The molecule has 0 saturated carbocycles. The zero-order valence-electron chi connectivity index (χ0n) is 16.7. The number of piperazine rings is 2. The van der Waals surface area contributed by atoms with Crippen molar-refractivity contribution in [3.8, 4) is 6.07 Å². The van der Waals surface area contributed by atoms with E-state index in [9.17, 15) is 5.26 Å². The van der Waals surface area contributed by atoms with E-state index in [4.69, 9.17) is 4.98 Å². The number of aromatic nitrogens is 2. The topological polar surface area (TPSA) is 62.5 Å². The summed E-state index contributed by atoms with van der Waals surface area (Å²) in [4.78, 5) is 18.7. The molecule has 2 aliphatic heterocycles. The van der Waals surface area contributed by atoms with Crippen LogP contribution in [-0.2, 0) is 0 Å². The summed E-state index contributed by atoms with van der Waals surface area (Å²) >= 11 is 0. The summed E-state index contributed by atoms with van der Waals surface area (Å²) in [6, 6.07) is 12.3. The predicted octanol–water partition coefficient (Wildman–Crippen LogP) is 1.74. The molecule has 0 radical (unpaired) electrons. The minimum Gasteiger partial charge on any atom is -0.367 e. The lowest BCUT2D eigenvalue weighted by Crippen LogP contribution is -2.47. The molecule has 2 aromatic rings. The molecular formula is C21H27N7. The van der Waals surface area contributed by atoms with Crippen molar-refractivity contribution in [2.45, 2.75) is 6.92 Å². The Hall–Kier alpha value is -2.85. The van der Waals surface area contributed by atoms with Gasteiger partial charge in [0.2, 0.25) is 0 Å². The van der Waals surface area contributed by atoms with Gasteiger partial charge in [-0.3, -0.25) is 0 Å². The van der Waals surface area contributed by atoms with Crippen molar-refractivity contribution in [2.75, 3.05) is 74.1 Å². The van der Waals surface area contributed by atoms with Crippen LogP contribution in [0.1, 0.15) is 11.4 Å². The first-order valence-corrected chi connectivity index (χ1v) is 9.92. The van der Waals surface area contributed by atoms with E-state index in [1.54, 1.807) is 0 Å². The third-order valence-electron chi connectivity index (χ3n) is 5.61. The first-order chi connectivity index (χ1) is 13.6. The Bertz CT molecular complexity index is 859. The Morgan fingerprint density at radius 2 is 1.36 bits per heavy atom. The molecule has 1 aromatic carbocycles. The second kappa shape index (κ2) is 8.03. The van der Waals surface area contributed by atoms with Crippen molar-refractivity contribution in [1.82, 2.24) is 14.9 Å². The summed E-state index contributed by atoms with van der Waals surface area (Å²) in [5, 5.41) is 9.37. The number of nitrogens with zero attached hydrogens (tertiary/aromatic N) is 7. The second-order valence-corrected chi connectivity index (χ2v) is 7.52. The second-order valence-electron chi connectivity index (χ2n) is 7.52. The van der Waals surface area contributed by atoms with E-state index in [0.29, 0.717) is 0 Å². The van der Waals surface area contributed by atoms with E-state index < -0.39 is 0 Å². The number of para-hydroxylation sites is 1. The Balaban J connectivity index is 1.47. The van der Waals surface area contributed by atoms with Crippen LogP contribution in [-0.4, -0.2) is 74.3 Å². The highest BCUT2D eigenvalue weighted by molar-refractivity contribution is 5.60. The molecule has 0 atom stereocenters. The molecule has 2 aliphatic rings. The molecular weight excluding hydrogens is 350 g/mol. The average molecular weight is 377 g/mol. The minimum absolute atomic E-state index is 0.742. The van der Waals surface area contributed by atoms with Gasteiger partial charge in [0.1, 0.15) is 23.5 Å². The largest absolute Gasteiger partial charge is 0.367 e. The van der Waals surface area contributed by atoms with E-state index in [-0.39, 0.29) is 0 Å². The molecule has 0 amide bonds. The lowest BCUT2D eigenvalue weighted by Gasteiger charge is -2.38. The number of hydrogen-bond acceptors (Lipinski definition) is 7. The molecule has 0 N–H and O–H groups in total. The number of benzene rings is 1. The molecule has 0 unspecified atom stereocenters. The highest BCUT2D eigenvalue weighted by Gasteiger charge is 2.22. The first-order valence-electron chi connectivity index (χ1n) is 9.92. The Labute approximate surface area is 166 Å².